The van der Waals surface area contributed by atoms with Crippen LogP contribution < -0.4 is 5.32 Å². The molecule has 1 atom stereocenters. The summed E-state index contributed by atoms with van der Waals surface area (Å²) < 4.78 is 0. The summed E-state index contributed by atoms with van der Waals surface area (Å²) in [7, 11) is 0. The average Bonchev–Trinajstić information content (AvgIpc) is 2.59. The zero-order chi connectivity index (χ0) is 18.4. The number of amides is 2. The quantitative estimate of drug-likeness (QED) is 0.796. The molecule has 138 valence electrons. The molecule has 0 aliphatic carbocycles. The van der Waals surface area contributed by atoms with Crippen molar-refractivity contribution in [2.45, 2.75) is 71.1 Å². The van der Waals surface area contributed by atoms with E-state index in [4.69, 9.17) is 0 Å². The molecule has 1 unspecified atom stereocenters. The molecule has 2 rings (SSSR count). The summed E-state index contributed by atoms with van der Waals surface area (Å²) in [4.78, 5) is 26.4. The SMILES string of the molecule is CCCC(O)(CCC)CNC(=O)C1Cc2ccccc2CN1C(C)=O. The number of nitrogens with one attached hydrogen (secondary N) is 1. The van der Waals surface area contributed by atoms with Gasteiger partial charge in [-0.05, 0) is 24.0 Å². The molecule has 1 aromatic carbocycles. The minimum absolute atomic E-state index is 0.105. The number of fused-ring (bicyclic) bond motifs is 1. The van der Waals surface area contributed by atoms with Gasteiger partial charge in [0, 0.05) is 26.4 Å². The van der Waals surface area contributed by atoms with Gasteiger partial charge >= 0.3 is 0 Å². The molecule has 1 aliphatic rings. The number of carbonyl (C=O) groups is 2. The van der Waals surface area contributed by atoms with Gasteiger partial charge in [0.15, 0.2) is 0 Å². The molecule has 2 N–H and O–H groups in total. The van der Waals surface area contributed by atoms with E-state index in [1.165, 1.54) is 6.92 Å². The van der Waals surface area contributed by atoms with E-state index in [0.717, 1.165) is 24.0 Å². The van der Waals surface area contributed by atoms with Gasteiger partial charge in [0.25, 0.3) is 0 Å². The van der Waals surface area contributed by atoms with Gasteiger partial charge < -0.3 is 15.3 Å². The lowest BCUT2D eigenvalue weighted by Crippen LogP contribution is -2.54. The van der Waals surface area contributed by atoms with E-state index < -0.39 is 11.6 Å². The summed E-state index contributed by atoms with van der Waals surface area (Å²) in [6.07, 6.45) is 3.56. The molecule has 2 amide bonds. The van der Waals surface area contributed by atoms with Crippen LogP contribution in [0.2, 0.25) is 0 Å². The van der Waals surface area contributed by atoms with Crippen molar-refractivity contribution >= 4 is 11.8 Å². The Kier molecular flexibility index (Phi) is 6.59. The van der Waals surface area contributed by atoms with Crippen LogP contribution in [0.5, 0.6) is 0 Å². The maximum atomic E-state index is 12.8. The van der Waals surface area contributed by atoms with Crippen molar-refractivity contribution < 1.29 is 14.7 Å². The van der Waals surface area contributed by atoms with Gasteiger partial charge in [0.1, 0.15) is 6.04 Å². The molecule has 0 aromatic heterocycles. The fourth-order valence-corrected chi connectivity index (χ4v) is 3.69. The number of carbonyl (C=O) groups excluding carboxylic acids is 2. The second-order valence-electron chi connectivity index (χ2n) is 7.08. The first-order chi connectivity index (χ1) is 11.9. The van der Waals surface area contributed by atoms with E-state index in [1.807, 2.05) is 38.1 Å². The van der Waals surface area contributed by atoms with Crippen LogP contribution in [0.15, 0.2) is 24.3 Å². The normalized spacial score (nSPS) is 17.1. The molecule has 0 saturated carbocycles. The highest BCUT2D eigenvalue weighted by atomic mass is 16.3. The van der Waals surface area contributed by atoms with Crippen molar-refractivity contribution in [3.8, 4) is 0 Å². The number of hydrogen-bond acceptors (Lipinski definition) is 3. The molecule has 0 spiro atoms. The van der Waals surface area contributed by atoms with Crippen LogP contribution in [-0.2, 0) is 22.6 Å². The third kappa shape index (κ3) is 4.82. The Hall–Kier alpha value is -1.88. The Morgan fingerprint density at radius 2 is 1.80 bits per heavy atom. The van der Waals surface area contributed by atoms with Crippen molar-refractivity contribution in [2.24, 2.45) is 0 Å². The number of hydrogen-bond donors (Lipinski definition) is 2. The van der Waals surface area contributed by atoms with Gasteiger partial charge in [-0.25, -0.2) is 0 Å². The number of benzene rings is 1. The van der Waals surface area contributed by atoms with E-state index in [2.05, 4.69) is 5.32 Å². The molecule has 0 bridgehead atoms. The largest absolute Gasteiger partial charge is 0.388 e. The lowest BCUT2D eigenvalue weighted by Gasteiger charge is -2.36. The summed E-state index contributed by atoms with van der Waals surface area (Å²) in [5.74, 6) is -0.289. The molecule has 1 aliphatic heterocycles. The van der Waals surface area contributed by atoms with Crippen LogP contribution in [0.3, 0.4) is 0 Å². The Labute approximate surface area is 150 Å². The van der Waals surface area contributed by atoms with Crippen molar-refractivity contribution in [1.82, 2.24) is 10.2 Å². The smallest absolute Gasteiger partial charge is 0.243 e. The van der Waals surface area contributed by atoms with Crippen LogP contribution in [0, 0.1) is 0 Å². The zero-order valence-corrected chi connectivity index (χ0v) is 15.5. The summed E-state index contributed by atoms with van der Waals surface area (Å²) in [6, 6.07) is 7.41. The van der Waals surface area contributed by atoms with Crippen LogP contribution in [-0.4, -0.2) is 40.0 Å². The predicted molar refractivity (Wildman–Crippen MR) is 97.9 cm³/mol. The van der Waals surface area contributed by atoms with E-state index >= 15 is 0 Å². The molecule has 25 heavy (non-hydrogen) atoms. The van der Waals surface area contributed by atoms with Crippen molar-refractivity contribution in [1.29, 1.82) is 0 Å². The van der Waals surface area contributed by atoms with E-state index in [9.17, 15) is 14.7 Å². The molecule has 1 aromatic rings. The second kappa shape index (κ2) is 8.48. The highest BCUT2D eigenvalue weighted by molar-refractivity contribution is 5.87. The Morgan fingerprint density at radius 1 is 1.20 bits per heavy atom. The summed E-state index contributed by atoms with van der Waals surface area (Å²) in [5.41, 5.74) is 1.33. The molecule has 0 radical (unpaired) electrons. The number of aliphatic hydroxyl groups is 1. The predicted octanol–water partition coefficient (Wildman–Crippen LogP) is 2.41. The lowest BCUT2D eigenvalue weighted by molar-refractivity contribution is -0.140. The fraction of sp³-hybridized carbons (Fsp3) is 0.600. The highest BCUT2D eigenvalue weighted by Crippen LogP contribution is 2.24. The summed E-state index contributed by atoms with van der Waals surface area (Å²) in [6.45, 7) is 6.24. The van der Waals surface area contributed by atoms with Crippen molar-refractivity contribution in [2.75, 3.05) is 6.54 Å². The molecule has 5 nitrogen and oxygen atoms in total. The van der Waals surface area contributed by atoms with Crippen LogP contribution >= 0.6 is 0 Å². The number of nitrogens with zero attached hydrogens (tertiary/aromatic N) is 1. The molecular formula is C20H30N2O3. The fourth-order valence-electron chi connectivity index (χ4n) is 3.69. The van der Waals surface area contributed by atoms with Gasteiger partial charge in [0.05, 0.1) is 5.60 Å². The minimum Gasteiger partial charge on any atom is -0.388 e. The van der Waals surface area contributed by atoms with E-state index in [0.29, 0.717) is 25.8 Å². The van der Waals surface area contributed by atoms with Gasteiger partial charge in [0.2, 0.25) is 11.8 Å². The van der Waals surface area contributed by atoms with Gasteiger partial charge in [-0.2, -0.15) is 0 Å². The number of rotatable bonds is 7. The molecule has 0 saturated heterocycles. The first-order valence-corrected chi connectivity index (χ1v) is 9.24. The zero-order valence-electron chi connectivity index (χ0n) is 15.5. The molecule has 1 heterocycles. The van der Waals surface area contributed by atoms with Crippen LogP contribution in [0.4, 0.5) is 0 Å². The average molecular weight is 346 g/mol. The molecule has 0 fully saturated rings. The van der Waals surface area contributed by atoms with Crippen molar-refractivity contribution in [3.05, 3.63) is 35.4 Å². The molecular weight excluding hydrogens is 316 g/mol. The topological polar surface area (TPSA) is 69.6 Å². The Morgan fingerprint density at radius 3 is 2.36 bits per heavy atom. The van der Waals surface area contributed by atoms with Gasteiger partial charge in [-0.15, -0.1) is 0 Å². The maximum Gasteiger partial charge on any atom is 0.243 e. The Bertz CT molecular complexity index is 609. The first-order valence-electron chi connectivity index (χ1n) is 9.24. The first kappa shape index (κ1) is 19.4. The van der Waals surface area contributed by atoms with Gasteiger partial charge in [-0.1, -0.05) is 51.0 Å². The maximum absolute atomic E-state index is 12.8. The van der Waals surface area contributed by atoms with Gasteiger partial charge in [-0.3, -0.25) is 9.59 Å². The van der Waals surface area contributed by atoms with E-state index in [-0.39, 0.29) is 18.4 Å². The Balaban J connectivity index is 2.10. The standard InChI is InChI=1S/C20H30N2O3/c1-4-10-20(25,11-5-2)14-21-19(24)18-12-16-8-6-7-9-17(16)13-22(18)15(3)23/h6-9,18,25H,4-5,10-14H2,1-3H3,(H,21,24). The molecule has 5 heteroatoms. The monoisotopic (exact) mass is 346 g/mol. The van der Waals surface area contributed by atoms with Crippen molar-refractivity contribution in [3.63, 3.8) is 0 Å². The van der Waals surface area contributed by atoms with Crippen LogP contribution in [0.1, 0.15) is 57.6 Å². The second-order valence-corrected chi connectivity index (χ2v) is 7.08. The lowest BCUT2D eigenvalue weighted by atomic mass is 9.91. The third-order valence-corrected chi connectivity index (χ3v) is 4.98. The summed E-state index contributed by atoms with van der Waals surface area (Å²) in [5, 5.41) is 13.6. The highest BCUT2D eigenvalue weighted by Gasteiger charge is 2.34. The van der Waals surface area contributed by atoms with E-state index in [1.54, 1.807) is 4.90 Å². The minimum atomic E-state index is -0.868. The summed E-state index contributed by atoms with van der Waals surface area (Å²) >= 11 is 0. The third-order valence-electron chi connectivity index (χ3n) is 4.98. The van der Waals surface area contributed by atoms with Crippen LogP contribution in [0.25, 0.3) is 0 Å².